The average Bonchev–Trinajstić information content (AvgIpc) is 2.49. The van der Waals surface area contributed by atoms with E-state index in [1.165, 1.54) is 13.0 Å². The van der Waals surface area contributed by atoms with Crippen LogP contribution in [0.1, 0.15) is 31.2 Å². The molecule has 1 aromatic carbocycles. The fourth-order valence-corrected chi connectivity index (χ4v) is 2.98. The summed E-state index contributed by atoms with van der Waals surface area (Å²) in [6.07, 6.45) is 1.47. The van der Waals surface area contributed by atoms with Gasteiger partial charge in [-0.2, -0.15) is 0 Å². The molecule has 1 aliphatic rings. The summed E-state index contributed by atoms with van der Waals surface area (Å²) < 4.78 is 0. The van der Waals surface area contributed by atoms with Gasteiger partial charge in [-0.1, -0.05) is 36.4 Å². The third-order valence-corrected chi connectivity index (χ3v) is 4.02. The van der Waals surface area contributed by atoms with Crippen molar-refractivity contribution in [2.75, 3.05) is 0 Å². The Hall–Kier alpha value is -2.76. The van der Waals surface area contributed by atoms with Crippen LogP contribution in [-0.4, -0.2) is 23.6 Å². The Balaban J connectivity index is 2.60. The van der Waals surface area contributed by atoms with Crippen molar-refractivity contribution in [3.05, 3.63) is 48.6 Å². The van der Waals surface area contributed by atoms with E-state index in [0.29, 0.717) is 5.56 Å². The molecule has 0 saturated carbocycles. The van der Waals surface area contributed by atoms with Crippen molar-refractivity contribution < 1.29 is 19.2 Å². The number of Topliss-reactive ketones (excluding diaryl/α,β-unsaturated/α-hetero) is 1. The number of amides is 4. The van der Waals surface area contributed by atoms with Crippen molar-refractivity contribution in [1.29, 1.82) is 0 Å². The molecule has 1 atom stereocenters. The first-order chi connectivity index (χ1) is 10.9. The number of carbonyl (C=O) groups is 4. The Morgan fingerprint density at radius 2 is 1.74 bits per heavy atom. The molecule has 1 fully saturated rings. The normalized spacial score (nSPS) is 17.9. The highest BCUT2D eigenvalue weighted by molar-refractivity contribution is 6.20. The van der Waals surface area contributed by atoms with Crippen molar-refractivity contribution in [1.82, 2.24) is 10.6 Å². The summed E-state index contributed by atoms with van der Waals surface area (Å²) in [6.45, 7) is 5.02. The highest BCUT2D eigenvalue weighted by atomic mass is 16.2. The Kier molecular flexibility index (Phi) is 4.74. The molecule has 4 amide bonds. The Morgan fingerprint density at radius 1 is 1.17 bits per heavy atom. The smallest absolute Gasteiger partial charge is 0.300 e. The van der Waals surface area contributed by atoms with Crippen LogP contribution >= 0.6 is 0 Å². The van der Waals surface area contributed by atoms with E-state index in [4.69, 9.17) is 0 Å². The van der Waals surface area contributed by atoms with Gasteiger partial charge in [0.05, 0.1) is 0 Å². The van der Waals surface area contributed by atoms with Gasteiger partial charge in [-0.3, -0.25) is 20.2 Å². The first-order valence-electron chi connectivity index (χ1n) is 7.24. The van der Waals surface area contributed by atoms with Crippen LogP contribution in [0, 0.1) is 5.41 Å². The lowest BCUT2D eigenvalue weighted by molar-refractivity contribution is -0.146. The zero-order valence-electron chi connectivity index (χ0n) is 12.8. The van der Waals surface area contributed by atoms with E-state index < -0.39 is 29.2 Å². The summed E-state index contributed by atoms with van der Waals surface area (Å²) in [7, 11) is 0. The van der Waals surface area contributed by atoms with Gasteiger partial charge in [0.25, 0.3) is 0 Å². The van der Waals surface area contributed by atoms with Crippen molar-refractivity contribution in [2.24, 2.45) is 5.41 Å². The van der Waals surface area contributed by atoms with Crippen LogP contribution in [-0.2, 0) is 14.4 Å². The highest BCUT2D eigenvalue weighted by Gasteiger charge is 2.55. The number of hydrogen-bond acceptors (Lipinski definition) is 4. The number of urea groups is 1. The molecule has 1 saturated heterocycles. The van der Waals surface area contributed by atoms with Gasteiger partial charge in [-0.15, -0.1) is 6.58 Å². The zero-order valence-corrected chi connectivity index (χ0v) is 12.8. The summed E-state index contributed by atoms with van der Waals surface area (Å²) in [6, 6.07) is 8.01. The van der Waals surface area contributed by atoms with Gasteiger partial charge in [0.15, 0.2) is 0 Å². The second kappa shape index (κ2) is 6.56. The molecular formula is C17H18N2O4. The molecule has 0 radical (unpaired) electrons. The molecule has 120 valence electrons. The summed E-state index contributed by atoms with van der Waals surface area (Å²) >= 11 is 0. The van der Waals surface area contributed by atoms with Crippen molar-refractivity contribution in [2.45, 2.75) is 25.7 Å². The fourth-order valence-electron chi connectivity index (χ4n) is 2.98. The van der Waals surface area contributed by atoms with Crippen LogP contribution in [0.25, 0.3) is 0 Å². The third kappa shape index (κ3) is 3.06. The van der Waals surface area contributed by atoms with Gasteiger partial charge >= 0.3 is 6.03 Å². The summed E-state index contributed by atoms with van der Waals surface area (Å²) in [5, 5.41) is 4.28. The predicted molar refractivity (Wildman–Crippen MR) is 83.4 cm³/mol. The number of rotatable bonds is 6. The number of imide groups is 2. The Morgan fingerprint density at radius 3 is 2.22 bits per heavy atom. The molecule has 6 nitrogen and oxygen atoms in total. The first kappa shape index (κ1) is 16.6. The maximum absolute atomic E-state index is 12.6. The van der Waals surface area contributed by atoms with Crippen molar-refractivity contribution in [3.63, 3.8) is 0 Å². The number of hydrogen-bond donors (Lipinski definition) is 2. The van der Waals surface area contributed by atoms with E-state index in [2.05, 4.69) is 17.2 Å². The molecule has 23 heavy (non-hydrogen) atoms. The lowest BCUT2D eigenvalue weighted by Crippen LogP contribution is -2.64. The van der Waals surface area contributed by atoms with Gasteiger partial charge in [-0.25, -0.2) is 4.79 Å². The lowest BCUT2D eigenvalue weighted by Gasteiger charge is -2.39. The Labute approximate surface area is 133 Å². The topological polar surface area (TPSA) is 92.3 Å². The Bertz CT molecular complexity index is 646. The number of barbiturate groups is 1. The van der Waals surface area contributed by atoms with E-state index in [0.717, 1.165) is 0 Å². The van der Waals surface area contributed by atoms with Gasteiger partial charge in [0, 0.05) is 12.3 Å². The third-order valence-electron chi connectivity index (χ3n) is 4.02. The molecule has 2 N–H and O–H groups in total. The van der Waals surface area contributed by atoms with Gasteiger partial charge in [0.2, 0.25) is 11.8 Å². The monoisotopic (exact) mass is 314 g/mol. The van der Waals surface area contributed by atoms with Crippen LogP contribution in [0.4, 0.5) is 4.79 Å². The largest absolute Gasteiger partial charge is 0.328 e. The highest BCUT2D eigenvalue weighted by Crippen LogP contribution is 2.43. The second-order valence-corrected chi connectivity index (χ2v) is 5.57. The van der Waals surface area contributed by atoms with Crippen LogP contribution in [0.15, 0.2) is 43.0 Å². The van der Waals surface area contributed by atoms with E-state index in [1.807, 2.05) is 0 Å². The van der Waals surface area contributed by atoms with Crippen molar-refractivity contribution >= 4 is 23.6 Å². The second-order valence-electron chi connectivity index (χ2n) is 5.57. The van der Waals surface area contributed by atoms with Gasteiger partial charge in [-0.05, 0) is 18.9 Å². The summed E-state index contributed by atoms with van der Waals surface area (Å²) in [5.74, 6) is -2.26. The maximum atomic E-state index is 12.6. The number of carbonyl (C=O) groups excluding carboxylic acids is 4. The molecule has 1 heterocycles. The van der Waals surface area contributed by atoms with Crippen LogP contribution in [0.5, 0.6) is 0 Å². The summed E-state index contributed by atoms with van der Waals surface area (Å²) in [5.41, 5.74) is -0.896. The standard InChI is InChI=1S/C17H18N2O4/c1-3-9-17(14(21)18-16(23)19-15(17)22)13(10-11(2)20)12-7-5-4-6-8-12/h3-8,13H,1,9-10H2,2H3,(H2,18,19,21,22,23)/t13-/m0/s1. The van der Waals surface area contributed by atoms with E-state index in [-0.39, 0.29) is 18.6 Å². The quantitative estimate of drug-likeness (QED) is 0.617. The molecule has 0 unspecified atom stereocenters. The van der Waals surface area contributed by atoms with E-state index in [1.54, 1.807) is 30.3 Å². The molecule has 2 rings (SSSR count). The average molecular weight is 314 g/mol. The fraction of sp³-hybridized carbons (Fsp3) is 0.294. The van der Waals surface area contributed by atoms with Crippen LogP contribution < -0.4 is 10.6 Å². The maximum Gasteiger partial charge on any atom is 0.328 e. The van der Waals surface area contributed by atoms with Gasteiger partial charge < -0.3 is 4.79 Å². The minimum atomic E-state index is -1.58. The number of benzene rings is 1. The molecular weight excluding hydrogens is 296 g/mol. The van der Waals surface area contributed by atoms with Crippen LogP contribution in [0.2, 0.25) is 0 Å². The molecule has 0 aromatic heterocycles. The number of nitrogens with one attached hydrogen (secondary N) is 2. The van der Waals surface area contributed by atoms with Gasteiger partial charge in [0.1, 0.15) is 11.2 Å². The predicted octanol–water partition coefficient (Wildman–Crippen LogP) is 1.68. The molecule has 0 bridgehead atoms. The minimum Gasteiger partial charge on any atom is -0.300 e. The molecule has 0 spiro atoms. The van der Waals surface area contributed by atoms with E-state index in [9.17, 15) is 19.2 Å². The lowest BCUT2D eigenvalue weighted by atomic mass is 9.66. The van der Waals surface area contributed by atoms with Crippen LogP contribution in [0.3, 0.4) is 0 Å². The number of allylic oxidation sites excluding steroid dienone is 1. The minimum absolute atomic E-state index is 0.00683. The molecule has 1 aliphatic heterocycles. The van der Waals surface area contributed by atoms with Crippen molar-refractivity contribution in [3.8, 4) is 0 Å². The van der Waals surface area contributed by atoms with E-state index >= 15 is 0 Å². The first-order valence-corrected chi connectivity index (χ1v) is 7.24. The molecule has 6 heteroatoms. The molecule has 1 aromatic rings. The summed E-state index contributed by atoms with van der Waals surface area (Å²) in [4.78, 5) is 48.3. The zero-order chi connectivity index (χ0) is 17.0. The number of ketones is 1. The molecule has 0 aliphatic carbocycles. The SMILES string of the molecule is C=CCC1([C@@H](CC(C)=O)c2ccccc2)C(=O)NC(=O)NC1=O.